The summed E-state index contributed by atoms with van der Waals surface area (Å²) in [7, 11) is 1.65. The predicted molar refractivity (Wildman–Crippen MR) is 61.8 cm³/mol. The fraction of sp³-hybridized carbons (Fsp3) is 0.182. The molecule has 0 aliphatic carbocycles. The first kappa shape index (κ1) is 9.81. The molecule has 0 unspecified atom stereocenters. The number of methoxy groups -OCH3 is 1. The number of nitrogens with two attached hydrogens (primary N) is 1. The van der Waals surface area contributed by atoms with Gasteiger partial charge in [0, 0.05) is 6.07 Å². The summed E-state index contributed by atoms with van der Waals surface area (Å²) in [6, 6.07) is 5.84. The van der Waals surface area contributed by atoms with E-state index in [-0.39, 0.29) is 0 Å². The van der Waals surface area contributed by atoms with Crippen molar-refractivity contribution < 1.29 is 9.30 Å². The van der Waals surface area contributed by atoms with E-state index in [2.05, 4.69) is 5.92 Å². The van der Waals surface area contributed by atoms with Crippen LogP contribution >= 0.6 is 11.3 Å². The largest absolute Gasteiger partial charge is 0.497 e. The topological polar surface area (TPSA) is 39.1 Å². The van der Waals surface area contributed by atoms with Crippen LogP contribution in [0.25, 0.3) is 10.2 Å². The standard InChI is InChI=1S/C11H10N2OS/c1-3-6-13-9-5-4-8(14-2)7-10(9)15-11(13)12/h1,4-5,7,12H,6H2,2H3/p+1. The van der Waals surface area contributed by atoms with Gasteiger partial charge < -0.3 is 4.74 Å². The maximum atomic E-state index is 5.88. The maximum absolute atomic E-state index is 5.88. The van der Waals surface area contributed by atoms with E-state index >= 15 is 0 Å². The van der Waals surface area contributed by atoms with Crippen LogP contribution in [0.5, 0.6) is 5.75 Å². The van der Waals surface area contributed by atoms with Crippen LogP contribution in [0.1, 0.15) is 0 Å². The molecule has 0 amide bonds. The maximum Gasteiger partial charge on any atom is 0.333 e. The number of fused-ring (bicyclic) bond motifs is 1. The van der Waals surface area contributed by atoms with Crippen molar-refractivity contribution in [3.05, 3.63) is 18.2 Å². The Kier molecular flexibility index (Phi) is 2.48. The number of benzene rings is 1. The van der Waals surface area contributed by atoms with Crippen molar-refractivity contribution in [2.45, 2.75) is 6.54 Å². The average Bonchev–Trinajstić information content (AvgIpc) is 2.55. The molecule has 2 N–H and O–H groups in total. The summed E-state index contributed by atoms with van der Waals surface area (Å²) in [4.78, 5) is 0. The first-order valence-corrected chi connectivity index (χ1v) is 5.27. The van der Waals surface area contributed by atoms with Gasteiger partial charge in [-0.3, -0.25) is 5.73 Å². The summed E-state index contributed by atoms with van der Waals surface area (Å²) < 4.78 is 8.15. The molecule has 0 spiro atoms. The van der Waals surface area contributed by atoms with Gasteiger partial charge in [0.15, 0.2) is 6.54 Å². The van der Waals surface area contributed by atoms with E-state index in [1.807, 2.05) is 22.8 Å². The van der Waals surface area contributed by atoms with E-state index in [1.165, 1.54) is 11.3 Å². The zero-order valence-corrected chi connectivity index (χ0v) is 9.17. The summed E-state index contributed by atoms with van der Waals surface area (Å²) >= 11 is 1.51. The van der Waals surface area contributed by atoms with Crippen molar-refractivity contribution in [3.8, 4) is 18.1 Å². The third-order valence-corrected chi connectivity index (χ3v) is 3.16. The Bertz CT molecular complexity index is 539. The van der Waals surface area contributed by atoms with Crippen LogP contribution in [0.15, 0.2) is 18.2 Å². The second-order valence-electron chi connectivity index (χ2n) is 3.06. The van der Waals surface area contributed by atoms with Crippen LogP contribution in [-0.4, -0.2) is 7.11 Å². The third kappa shape index (κ3) is 1.62. The van der Waals surface area contributed by atoms with Crippen molar-refractivity contribution in [2.24, 2.45) is 0 Å². The number of aromatic nitrogens is 1. The molecule has 0 saturated heterocycles. The van der Waals surface area contributed by atoms with Gasteiger partial charge in [0.1, 0.15) is 11.3 Å². The molecule has 0 radical (unpaired) electrons. The number of thiazole rings is 1. The monoisotopic (exact) mass is 219 g/mol. The van der Waals surface area contributed by atoms with E-state index in [9.17, 15) is 0 Å². The van der Waals surface area contributed by atoms with E-state index in [0.29, 0.717) is 6.54 Å². The summed E-state index contributed by atoms with van der Waals surface area (Å²) in [5.41, 5.74) is 6.93. The summed E-state index contributed by atoms with van der Waals surface area (Å²) in [6.07, 6.45) is 5.29. The Morgan fingerprint density at radius 2 is 2.40 bits per heavy atom. The molecular formula is C11H11N2OS+. The molecule has 15 heavy (non-hydrogen) atoms. The van der Waals surface area contributed by atoms with Crippen molar-refractivity contribution in [2.75, 3.05) is 12.8 Å². The Balaban J connectivity index is 2.64. The van der Waals surface area contributed by atoms with Crippen LogP contribution in [0, 0.1) is 12.3 Å². The van der Waals surface area contributed by atoms with Gasteiger partial charge in [0.2, 0.25) is 0 Å². The molecule has 0 aliphatic rings. The van der Waals surface area contributed by atoms with Crippen molar-refractivity contribution in [1.29, 1.82) is 0 Å². The molecule has 0 atom stereocenters. The summed E-state index contributed by atoms with van der Waals surface area (Å²) in [5.74, 6) is 3.42. The average molecular weight is 219 g/mol. The van der Waals surface area contributed by atoms with Gasteiger partial charge in [-0.2, -0.15) is 0 Å². The van der Waals surface area contributed by atoms with E-state index in [4.69, 9.17) is 16.9 Å². The summed E-state index contributed by atoms with van der Waals surface area (Å²) in [6.45, 7) is 0.498. The first-order valence-electron chi connectivity index (χ1n) is 4.45. The van der Waals surface area contributed by atoms with Crippen LogP contribution in [0.4, 0.5) is 5.13 Å². The Hall–Kier alpha value is -1.73. The van der Waals surface area contributed by atoms with Crippen molar-refractivity contribution in [1.82, 2.24) is 0 Å². The lowest BCUT2D eigenvalue weighted by Crippen LogP contribution is -2.34. The first-order chi connectivity index (χ1) is 7.26. The Morgan fingerprint density at radius 1 is 1.60 bits per heavy atom. The molecule has 3 nitrogen and oxygen atoms in total. The highest BCUT2D eigenvalue weighted by Gasteiger charge is 2.13. The SMILES string of the molecule is C#CC[n+]1c(N)sc2cc(OC)ccc21. The lowest BCUT2D eigenvalue weighted by Gasteiger charge is -1.97. The van der Waals surface area contributed by atoms with Gasteiger partial charge in [-0.25, -0.2) is 4.57 Å². The number of rotatable bonds is 2. The number of nitrogen functional groups attached to an aromatic ring is 1. The zero-order valence-electron chi connectivity index (χ0n) is 8.36. The van der Waals surface area contributed by atoms with Gasteiger partial charge in [-0.1, -0.05) is 5.92 Å². The number of anilines is 1. The van der Waals surface area contributed by atoms with Crippen LogP contribution in [0.2, 0.25) is 0 Å². The molecule has 1 aromatic carbocycles. The predicted octanol–water partition coefficient (Wildman–Crippen LogP) is 1.41. The molecule has 76 valence electrons. The molecule has 0 saturated carbocycles. The number of nitrogens with zero attached hydrogens (tertiary/aromatic N) is 1. The minimum atomic E-state index is 0.498. The number of terminal acetylenes is 1. The Labute approximate surface area is 92.1 Å². The van der Waals surface area contributed by atoms with Gasteiger partial charge in [-0.05, 0) is 23.5 Å². The smallest absolute Gasteiger partial charge is 0.333 e. The molecule has 1 heterocycles. The van der Waals surface area contributed by atoms with E-state index in [0.717, 1.165) is 21.1 Å². The lowest BCUT2D eigenvalue weighted by molar-refractivity contribution is -0.640. The second-order valence-corrected chi connectivity index (χ2v) is 4.13. The quantitative estimate of drug-likeness (QED) is 0.612. The molecular weight excluding hydrogens is 208 g/mol. The van der Waals surface area contributed by atoms with Gasteiger partial charge >= 0.3 is 5.13 Å². The highest BCUT2D eigenvalue weighted by Crippen LogP contribution is 2.25. The molecule has 4 heteroatoms. The fourth-order valence-corrected chi connectivity index (χ4v) is 2.42. The Morgan fingerprint density at radius 3 is 3.07 bits per heavy atom. The number of hydrogen-bond acceptors (Lipinski definition) is 3. The molecule has 1 aromatic heterocycles. The minimum absolute atomic E-state index is 0.498. The highest BCUT2D eigenvalue weighted by atomic mass is 32.1. The number of hydrogen-bond donors (Lipinski definition) is 1. The molecule has 2 aromatic rings. The third-order valence-electron chi connectivity index (χ3n) is 2.19. The van der Waals surface area contributed by atoms with E-state index in [1.54, 1.807) is 7.11 Å². The normalized spacial score (nSPS) is 10.1. The summed E-state index contributed by atoms with van der Waals surface area (Å²) in [5, 5.41) is 0.719. The van der Waals surface area contributed by atoms with Gasteiger partial charge in [-0.15, -0.1) is 6.42 Å². The van der Waals surface area contributed by atoms with E-state index < -0.39 is 0 Å². The van der Waals surface area contributed by atoms with Crippen molar-refractivity contribution >= 4 is 26.7 Å². The van der Waals surface area contributed by atoms with Gasteiger partial charge in [0.25, 0.3) is 0 Å². The second kappa shape index (κ2) is 3.79. The molecule has 2 rings (SSSR count). The molecule has 0 fully saturated rings. The van der Waals surface area contributed by atoms with Crippen molar-refractivity contribution in [3.63, 3.8) is 0 Å². The fourth-order valence-electron chi connectivity index (χ4n) is 1.47. The van der Waals surface area contributed by atoms with Crippen LogP contribution in [0.3, 0.4) is 0 Å². The molecule has 0 aliphatic heterocycles. The highest BCUT2D eigenvalue weighted by molar-refractivity contribution is 7.21. The van der Waals surface area contributed by atoms with Gasteiger partial charge in [0.05, 0.1) is 11.8 Å². The molecule has 0 bridgehead atoms. The lowest BCUT2D eigenvalue weighted by atomic mass is 10.3. The van der Waals surface area contributed by atoms with Crippen LogP contribution in [-0.2, 0) is 6.54 Å². The number of ether oxygens (including phenoxy) is 1. The minimum Gasteiger partial charge on any atom is -0.497 e. The zero-order chi connectivity index (χ0) is 10.8. The van der Waals surface area contributed by atoms with Crippen LogP contribution < -0.4 is 15.0 Å².